The molecule has 5 heteroatoms. The maximum absolute atomic E-state index is 10.9. The van der Waals surface area contributed by atoms with Gasteiger partial charge in [0.05, 0.1) is 0 Å². The van der Waals surface area contributed by atoms with Gasteiger partial charge < -0.3 is 14.9 Å². The number of pyridine rings is 1. The Morgan fingerprint density at radius 1 is 1.29 bits per heavy atom. The molecular formula is C12H17N3O2. The molecule has 0 spiro atoms. The Bertz CT molecular complexity index is 408. The van der Waals surface area contributed by atoms with Gasteiger partial charge >= 0.3 is 5.97 Å². The van der Waals surface area contributed by atoms with Crippen LogP contribution >= 0.6 is 0 Å². The third-order valence-electron chi connectivity index (χ3n) is 3.00. The lowest BCUT2D eigenvalue weighted by atomic mass is 10.3. The fourth-order valence-corrected chi connectivity index (χ4v) is 1.99. The van der Waals surface area contributed by atoms with Crippen LogP contribution in [-0.4, -0.2) is 54.2 Å². The maximum Gasteiger partial charge on any atom is 0.354 e. The second-order valence-electron chi connectivity index (χ2n) is 4.33. The van der Waals surface area contributed by atoms with Crippen molar-refractivity contribution in [3.05, 3.63) is 23.9 Å². The van der Waals surface area contributed by atoms with Crippen molar-refractivity contribution in [3.8, 4) is 0 Å². The van der Waals surface area contributed by atoms with E-state index in [1.165, 1.54) is 6.07 Å². The van der Waals surface area contributed by atoms with Crippen molar-refractivity contribution >= 4 is 11.8 Å². The molecule has 5 nitrogen and oxygen atoms in total. The first-order chi connectivity index (χ1) is 8.16. The predicted octanol–water partition coefficient (Wildman–Crippen LogP) is 0.922. The molecule has 1 aliphatic rings. The summed E-state index contributed by atoms with van der Waals surface area (Å²) in [6, 6.07) is 5.15. The summed E-state index contributed by atoms with van der Waals surface area (Å²) in [5.41, 5.74) is 0.111. The monoisotopic (exact) mass is 235 g/mol. The summed E-state index contributed by atoms with van der Waals surface area (Å²) in [7, 11) is 2.10. The molecule has 1 aromatic rings. The van der Waals surface area contributed by atoms with Gasteiger partial charge in [-0.25, -0.2) is 9.78 Å². The lowest BCUT2D eigenvalue weighted by molar-refractivity contribution is 0.0690. The van der Waals surface area contributed by atoms with E-state index in [9.17, 15) is 4.79 Å². The highest BCUT2D eigenvalue weighted by molar-refractivity contribution is 5.85. The Labute approximate surface area is 101 Å². The fourth-order valence-electron chi connectivity index (χ4n) is 1.99. The lowest BCUT2D eigenvalue weighted by Crippen LogP contribution is -2.29. The zero-order chi connectivity index (χ0) is 12.3. The number of hydrogen-bond donors (Lipinski definition) is 1. The average Bonchev–Trinajstić information content (AvgIpc) is 2.54. The summed E-state index contributed by atoms with van der Waals surface area (Å²) in [5.74, 6) is -0.209. The quantitative estimate of drug-likeness (QED) is 0.826. The third-order valence-corrected chi connectivity index (χ3v) is 3.00. The van der Waals surface area contributed by atoms with Crippen LogP contribution in [0.2, 0.25) is 0 Å². The van der Waals surface area contributed by atoms with Gasteiger partial charge in [0.2, 0.25) is 0 Å². The summed E-state index contributed by atoms with van der Waals surface area (Å²) in [4.78, 5) is 19.5. The molecule has 2 rings (SSSR count). The van der Waals surface area contributed by atoms with E-state index in [-0.39, 0.29) is 5.69 Å². The van der Waals surface area contributed by atoms with Crippen LogP contribution in [0, 0.1) is 0 Å². The molecule has 92 valence electrons. The fraction of sp³-hybridized carbons (Fsp3) is 0.500. The topological polar surface area (TPSA) is 56.7 Å². The Hall–Kier alpha value is -1.62. The molecule has 0 atom stereocenters. The van der Waals surface area contributed by atoms with Crippen LogP contribution in [0.15, 0.2) is 18.2 Å². The molecule has 0 bridgehead atoms. The number of rotatable bonds is 2. The molecule has 0 saturated carbocycles. The molecule has 0 unspecified atom stereocenters. The van der Waals surface area contributed by atoms with E-state index in [1.807, 2.05) is 6.07 Å². The second-order valence-corrected chi connectivity index (χ2v) is 4.33. The highest BCUT2D eigenvalue weighted by Crippen LogP contribution is 2.14. The van der Waals surface area contributed by atoms with E-state index in [2.05, 4.69) is 21.8 Å². The Morgan fingerprint density at radius 3 is 2.88 bits per heavy atom. The van der Waals surface area contributed by atoms with Gasteiger partial charge in [-0.2, -0.15) is 0 Å². The van der Waals surface area contributed by atoms with Crippen LogP contribution in [0.4, 0.5) is 5.82 Å². The van der Waals surface area contributed by atoms with E-state index in [1.54, 1.807) is 6.07 Å². The Kier molecular flexibility index (Phi) is 3.58. The van der Waals surface area contributed by atoms with E-state index in [4.69, 9.17) is 5.11 Å². The molecule has 0 amide bonds. The van der Waals surface area contributed by atoms with Gasteiger partial charge in [0.1, 0.15) is 5.82 Å². The number of carbonyl (C=O) groups is 1. The number of carboxylic acids is 1. The molecule has 1 saturated heterocycles. The molecule has 0 radical (unpaired) electrons. The van der Waals surface area contributed by atoms with Crippen LogP contribution in [0.5, 0.6) is 0 Å². The summed E-state index contributed by atoms with van der Waals surface area (Å²) >= 11 is 0. The Morgan fingerprint density at radius 2 is 2.12 bits per heavy atom. The van der Waals surface area contributed by atoms with Crippen molar-refractivity contribution in [1.82, 2.24) is 9.88 Å². The zero-order valence-electron chi connectivity index (χ0n) is 9.96. The van der Waals surface area contributed by atoms with Gasteiger partial charge in [-0.1, -0.05) is 6.07 Å². The summed E-state index contributed by atoms with van der Waals surface area (Å²) in [6.07, 6.45) is 1.08. The van der Waals surface area contributed by atoms with Crippen molar-refractivity contribution in [2.24, 2.45) is 0 Å². The average molecular weight is 235 g/mol. The van der Waals surface area contributed by atoms with Crippen LogP contribution < -0.4 is 4.90 Å². The minimum Gasteiger partial charge on any atom is -0.477 e. The van der Waals surface area contributed by atoms with Gasteiger partial charge in [0.25, 0.3) is 0 Å². The van der Waals surface area contributed by atoms with E-state index in [0.29, 0.717) is 0 Å². The number of carboxylic acid groups (broad SMARTS) is 1. The molecular weight excluding hydrogens is 218 g/mol. The first-order valence-electron chi connectivity index (χ1n) is 5.80. The molecule has 1 fully saturated rings. The SMILES string of the molecule is CN1CCCN(c2cccc(C(=O)O)n2)CC1. The van der Waals surface area contributed by atoms with Gasteiger partial charge in [0.15, 0.2) is 5.69 Å². The van der Waals surface area contributed by atoms with Crippen molar-refractivity contribution in [3.63, 3.8) is 0 Å². The van der Waals surface area contributed by atoms with Crippen LogP contribution in [0.1, 0.15) is 16.9 Å². The van der Waals surface area contributed by atoms with Gasteiger partial charge in [-0.05, 0) is 32.1 Å². The first kappa shape index (κ1) is 11.9. The molecule has 0 aromatic carbocycles. The summed E-state index contributed by atoms with van der Waals surface area (Å²) in [6.45, 7) is 3.89. The second kappa shape index (κ2) is 5.14. The molecule has 1 aliphatic heterocycles. The number of likely N-dealkylation sites (N-methyl/N-ethyl adjacent to an activating group) is 1. The van der Waals surface area contributed by atoms with E-state index < -0.39 is 5.97 Å². The normalized spacial score (nSPS) is 17.8. The van der Waals surface area contributed by atoms with Gasteiger partial charge in [-0.15, -0.1) is 0 Å². The minimum absolute atomic E-state index is 0.111. The molecule has 1 N–H and O–H groups in total. The van der Waals surface area contributed by atoms with Crippen molar-refractivity contribution in [1.29, 1.82) is 0 Å². The van der Waals surface area contributed by atoms with Crippen molar-refractivity contribution < 1.29 is 9.90 Å². The lowest BCUT2D eigenvalue weighted by Gasteiger charge is -2.21. The van der Waals surface area contributed by atoms with Crippen LogP contribution in [-0.2, 0) is 0 Å². The minimum atomic E-state index is -0.973. The number of nitrogens with zero attached hydrogens (tertiary/aromatic N) is 3. The van der Waals surface area contributed by atoms with E-state index >= 15 is 0 Å². The van der Waals surface area contributed by atoms with Crippen LogP contribution in [0.3, 0.4) is 0 Å². The molecule has 17 heavy (non-hydrogen) atoms. The summed E-state index contributed by atoms with van der Waals surface area (Å²) < 4.78 is 0. The smallest absolute Gasteiger partial charge is 0.354 e. The van der Waals surface area contributed by atoms with Crippen molar-refractivity contribution in [2.75, 3.05) is 38.1 Å². The number of aromatic carboxylic acids is 1. The number of aromatic nitrogens is 1. The highest BCUT2D eigenvalue weighted by Gasteiger charge is 2.14. The number of anilines is 1. The largest absolute Gasteiger partial charge is 0.477 e. The number of hydrogen-bond acceptors (Lipinski definition) is 4. The predicted molar refractivity (Wildman–Crippen MR) is 65.5 cm³/mol. The van der Waals surface area contributed by atoms with E-state index in [0.717, 1.165) is 38.4 Å². The third kappa shape index (κ3) is 2.94. The Balaban J connectivity index is 2.15. The maximum atomic E-state index is 10.9. The van der Waals surface area contributed by atoms with Gasteiger partial charge in [-0.3, -0.25) is 0 Å². The molecule has 0 aliphatic carbocycles. The highest BCUT2D eigenvalue weighted by atomic mass is 16.4. The summed E-state index contributed by atoms with van der Waals surface area (Å²) in [5, 5.41) is 8.92. The molecule has 1 aromatic heterocycles. The standard InChI is InChI=1S/C12H17N3O2/c1-14-6-3-7-15(9-8-14)11-5-2-4-10(13-11)12(16)17/h2,4-5H,3,6-9H2,1H3,(H,16,17). The van der Waals surface area contributed by atoms with Crippen LogP contribution in [0.25, 0.3) is 0 Å². The first-order valence-corrected chi connectivity index (χ1v) is 5.80. The van der Waals surface area contributed by atoms with Gasteiger partial charge in [0, 0.05) is 19.6 Å². The zero-order valence-corrected chi connectivity index (χ0v) is 9.96. The molecule has 2 heterocycles. The van der Waals surface area contributed by atoms with Crippen molar-refractivity contribution in [2.45, 2.75) is 6.42 Å².